The monoisotopic (exact) mass is 458 g/mol. The lowest BCUT2D eigenvalue weighted by Gasteiger charge is -2.40. The molecule has 1 fully saturated rings. The lowest BCUT2D eigenvalue weighted by Crippen LogP contribution is -2.46. The van der Waals surface area contributed by atoms with Gasteiger partial charge in [-0.3, -0.25) is 9.48 Å². The van der Waals surface area contributed by atoms with Gasteiger partial charge in [-0.05, 0) is 62.1 Å². The van der Waals surface area contributed by atoms with Gasteiger partial charge in [-0.25, -0.2) is 13.2 Å². The minimum absolute atomic E-state index is 0.0533. The zero-order chi connectivity index (χ0) is 23.6. The third kappa shape index (κ3) is 4.80. The van der Waals surface area contributed by atoms with Crippen LogP contribution in [-0.2, 0) is 5.54 Å². The number of aromatic nitrogens is 2. The maximum Gasteiger partial charge on any atom is 0.254 e. The summed E-state index contributed by atoms with van der Waals surface area (Å²) >= 11 is 0. The highest BCUT2D eigenvalue weighted by Crippen LogP contribution is 2.36. The van der Waals surface area contributed by atoms with Crippen LogP contribution in [0.5, 0.6) is 0 Å². The van der Waals surface area contributed by atoms with E-state index in [1.54, 1.807) is 10.9 Å². The van der Waals surface area contributed by atoms with Crippen molar-refractivity contribution in [2.45, 2.75) is 37.3 Å². The van der Waals surface area contributed by atoms with Gasteiger partial charge in [-0.2, -0.15) is 5.10 Å². The molecule has 0 aliphatic heterocycles. The lowest BCUT2D eigenvalue weighted by atomic mass is 9.79. The van der Waals surface area contributed by atoms with Crippen LogP contribution >= 0.6 is 0 Å². The number of nitrogens with two attached hydrogens (primary N) is 2. The van der Waals surface area contributed by atoms with Crippen molar-refractivity contribution in [3.05, 3.63) is 71.7 Å². The molecule has 1 heterocycles. The SMILES string of the molecule is NCC1(n2cc(C(N)=O)c(Nc3ccc(F)cc3)n2)CCC(Nc2ccc(F)c(F)c2)CC1. The van der Waals surface area contributed by atoms with Gasteiger partial charge < -0.3 is 22.1 Å². The quantitative estimate of drug-likeness (QED) is 0.430. The number of hydrogen-bond donors (Lipinski definition) is 4. The minimum atomic E-state index is -0.899. The summed E-state index contributed by atoms with van der Waals surface area (Å²) in [5.74, 6) is -2.54. The van der Waals surface area contributed by atoms with Crippen molar-refractivity contribution in [1.29, 1.82) is 0 Å². The highest BCUT2D eigenvalue weighted by molar-refractivity contribution is 5.98. The molecule has 0 bridgehead atoms. The van der Waals surface area contributed by atoms with Crippen LogP contribution in [0, 0.1) is 17.5 Å². The number of halogens is 3. The summed E-state index contributed by atoms with van der Waals surface area (Å²) in [6.45, 7) is 0.292. The molecule has 0 spiro atoms. The van der Waals surface area contributed by atoms with E-state index in [1.807, 2.05) is 0 Å². The molecule has 1 aliphatic rings. The van der Waals surface area contributed by atoms with Crippen LogP contribution < -0.4 is 22.1 Å². The van der Waals surface area contributed by atoms with Crippen molar-refractivity contribution in [3.63, 3.8) is 0 Å². The zero-order valence-electron chi connectivity index (χ0n) is 17.8. The Balaban J connectivity index is 1.51. The molecule has 174 valence electrons. The predicted molar refractivity (Wildman–Crippen MR) is 120 cm³/mol. The van der Waals surface area contributed by atoms with Gasteiger partial charge in [-0.1, -0.05) is 0 Å². The highest BCUT2D eigenvalue weighted by Gasteiger charge is 2.37. The number of benzene rings is 2. The Kier molecular flexibility index (Phi) is 6.28. The van der Waals surface area contributed by atoms with Gasteiger partial charge in [0, 0.05) is 36.2 Å². The number of hydrogen-bond acceptors (Lipinski definition) is 5. The second-order valence-electron chi connectivity index (χ2n) is 8.31. The summed E-state index contributed by atoms with van der Waals surface area (Å²) in [6, 6.07) is 9.45. The number of anilines is 3. The van der Waals surface area contributed by atoms with Crippen molar-refractivity contribution >= 4 is 23.1 Å². The van der Waals surface area contributed by atoms with Crippen molar-refractivity contribution in [2.75, 3.05) is 17.2 Å². The number of nitrogens with zero attached hydrogens (tertiary/aromatic N) is 2. The second kappa shape index (κ2) is 9.14. The van der Waals surface area contributed by atoms with Crippen LogP contribution in [-0.4, -0.2) is 28.3 Å². The molecule has 1 saturated carbocycles. The predicted octanol–water partition coefficient (Wildman–Crippen LogP) is 3.85. The molecule has 6 N–H and O–H groups in total. The topological polar surface area (TPSA) is 111 Å². The molecule has 10 heteroatoms. The average Bonchev–Trinajstić information content (AvgIpc) is 3.23. The number of amides is 1. The number of nitrogens with one attached hydrogen (secondary N) is 2. The fourth-order valence-electron chi connectivity index (χ4n) is 4.21. The van der Waals surface area contributed by atoms with Gasteiger partial charge in [0.15, 0.2) is 17.5 Å². The van der Waals surface area contributed by atoms with Crippen LogP contribution in [0.25, 0.3) is 0 Å². The molecule has 7 nitrogen and oxygen atoms in total. The molecule has 0 radical (unpaired) electrons. The molecule has 4 rings (SSSR count). The third-order valence-corrected chi connectivity index (χ3v) is 6.16. The van der Waals surface area contributed by atoms with E-state index in [0.29, 0.717) is 43.6 Å². The number of rotatable bonds is 7. The molecular weight excluding hydrogens is 433 g/mol. The summed E-state index contributed by atoms with van der Waals surface area (Å²) in [6.07, 6.45) is 4.32. The highest BCUT2D eigenvalue weighted by atomic mass is 19.2. The zero-order valence-corrected chi connectivity index (χ0v) is 17.8. The first kappa shape index (κ1) is 22.7. The number of carbonyl (C=O) groups is 1. The maximum absolute atomic E-state index is 13.5. The molecule has 0 atom stereocenters. The summed E-state index contributed by atoms with van der Waals surface area (Å²) in [5.41, 5.74) is 12.5. The van der Waals surface area contributed by atoms with E-state index in [0.717, 1.165) is 12.1 Å². The van der Waals surface area contributed by atoms with Gasteiger partial charge in [0.05, 0.1) is 5.54 Å². The van der Waals surface area contributed by atoms with Crippen LogP contribution in [0.1, 0.15) is 36.0 Å². The Morgan fingerprint density at radius 3 is 2.33 bits per heavy atom. The van der Waals surface area contributed by atoms with E-state index < -0.39 is 23.1 Å². The summed E-state index contributed by atoms with van der Waals surface area (Å²) in [7, 11) is 0. The van der Waals surface area contributed by atoms with Crippen molar-refractivity contribution in [3.8, 4) is 0 Å². The summed E-state index contributed by atoms with van der Waals surface area (Å²) < 4.78 is 41.6. The third-order valence-electron chi connectivity index (χ3n) is 6.16. The van der Waals surface area contributed by atoms with Crippen molar-refractivity contribution in [2.24, 2.45) is 11.5 Å². The minimum Gasteiger partial charge on any atom is -0.382 e. The smallest absolute Gasteiger partial charge is 0.254 e. The summed E-state index contributed by atoms with van der Waals surface area (Å²) in [5, 5.41) is 10.8. The van der Waals surface area contributed by atoms with Gasteiger partial charge >= 0.3 is 0 Å². The van der Waals surface area contributed by atoms with E-state index >= 15 is 0 Å². The molecule has 0 saturated heterocycles. The van der Waals surface area contributed by atoms with Crippen molar-refractivity contribution < 1.29 is 18.0 Å². The first-order valence-electron chi connectivity index (χ1n) is 10.6. The van der Waals surface area contributed by atoms with E-state index in [4.69, 9.17) is 11.5 Å². The fourth-order valence-corrected chi connectivity index (χ4v) is 4.21. The Bertz CT molecular complexity index is 1140. The molecule has 3 aromatic rings. The van der Waals surface area contributed by atoms with E-state index in [2.05, 4.69) is 15.7 Å². The normalized spacial score (nSPS) is 20.4. The maximum atomic E-state index is 13.5. The standard InChI is InChI=1S/C23H25F3N6O/c24-14-1-3-15(4-2-14)30-22-18(21(28)33)12-32(31-22)23(13-27)9-7-16(8-10-23)29-17-5-6-19(25)20(26)11-17/h1-6,11-12,16,29H,7-10,13,27H2,(H2,28,33)(H,30,31). The van der Waals surface area contributed by atoms with Gasteiger partial charge in [0.25, 0.3) is 5.91 Å². The van der Waals surface area contributed by atoms with Crippen LogP contribution in [0.4, 0.5) is 30.4 Å². The Hall–Kier alpha value is -3.53. The molecule has 1 amide bonds. The first-order valence-corrected chi connectivity index (χ1v) is 10.6. The van der Waals surface area contributed by atoms with E-state index in [9.17, 15) is 18.0 Å². The molecule has 33 heavy (non-hydrogen) atoms. The van der Waals surface area contributed by atoms with Gasteiger partial charge in [0.1, 0.15) is 11.4 Å². The fraction of sp³-hybridized carbons (Fsp3) is 0.304. The number of carbonyl (C=O) groups excluding carboxylic acids is 1. The number of primary amides is 1. The van der Waals surface area contributed by atoms with Gasteiger partial charge in [0.2, 0.25) is 0 Å². The molecule has 2 aromatic carbocycles. The first-order chi connectivity index (χ1) is 15.8. The Morgan fingerprint density at radius 1 is 1.06 bits per heavy atom. The van der Waals surface area contributed by atoms with Crippen LogP contribution in [0.15, 0.2) is 48.7 Å². The Morgan fingerprint density at radius 2 is 1.73 bits per heavy atom. The van der Waals surface area contributed by atoms with Gasteiger partial charge in [-0.15, -0.1) is 0 Å². The van der Waals surface area contributed by atoms with Crippen LogP contribution in [0.2, 0.25) is 0 Å². The second-order valence-corrected chi connectivity index (χ2v) is 8.31. The molecule has 0 unspecified atom stereocenters. The average molecular weight is 458 g/mol. The largest absolute Gasteiger partial charge is 0.382 e. The summed E-state index contributed by atoms with van der Waals surface area (Å²) in [4.78, 5) is 12.0. The Labute approximate surface area is 189 Å². The van der Waals surface area contributed by atoms with E-state index in [1.165, 1.54) is 30.3 Å². The molecule has 1 aliphatic carbocycles. The molecular formula is C23H25F3N6O. The van der Waals surface area contributed by atoms with E-state index in [-0.39, 0.29) is 23.2 Å². The lowest BCUT2D eigenvalue weighted by molar-refractivity contribution is 0.100. The van der Waals surface area contributed by atoms with Crippen LogP contribution in [0.3, 0.4) is 0 Å². The molecule has 1 aromatic heterocycles. The van der Waals surface area contributed by atoms with Crippen molar-refractivity contribution in [1.82, 2.24) is 9.78 Å².